The Morgan fingerprint density at radius 1 is 1.03 bits per heavy atom. The van der Waals surface area contributed by atoms with Gasteiger partial charge in [0, 0.05) is 32.2 Å². The first-order valence-electron chi connectivity index (χ1n) is 11.7. The minimum Gasteiger partial charge on any atom is -0.352 e. The Morgan fingerprint density at radius 3 is 2.23 bits per heavy atom. The predicted molar refractivity (Wildman–Crippen MR) is 133 cm³/mol. The summed E-state index contributed by atoms with van der Waals surface area (Å²) in [4.78, 5) is 27.9. The molecule has 0 radical (unpaired) electrons. The SMILES string of the molecule is C[C@@H](C(=O)NC1CCCC1)N(Cc1ccccc1F)C(=O)CN(c1ccccc1)S(=O)(=O)N(C)C. The summed E-state index contributed by atoms with van der Waals surface area (Å²) >= 11 is 0. The van der Waals surface area contributed by atoms with Gasteiger partial charge in [0.05, 0.1) is 5.69 Å². The predicted octanol–water partition coefficient (Wildman–Crippen LogP) is 2.91. The lowest BCUT2D eigenvalue weighted by Gasteiger charge is -2.33. The van der Waals surface area contributed by atoms with Crippen molar-refractivity contribution in [2.45, 2.75) is 51.2 Å². The summed E-state index contributed by atoms with van der Waals surface area (Å²) in [5.41, 5.74) is 0.548. The normalized spacial score (nSPS) is 15.1. The molecule has 0 unspecified atom stereocenters. The van der Waals surface area contributed by atoms with Gasteiger partial charge < -0.3 is 10.2 Å². The average molecular weight is 505 g/mol. The second-order valence-corrected chi connectivity index (χ2v) is 11.0. The Balaban J connectivity index is 1.91. The molecule has 0 spiro atoms. The monoisotopic (exact) mass is 504 g/mol. The van der Waals surface area contributed by atoms with E-state index in [1.807, 2.05) is 0 Å². The van der Waals surface area contributed by atoms with Crippen molar-refractivity contribution in [2.75, 3.05) is 24.9 Å². The van der Waals surface area contributed by atoms with E-state index in [2.05, 4.69) is 5.32 Å². The number of hydrogen-bond acceptors (Lipinski definition) is 4. The highest BCUT2D eigenvalue weighted by Gasteiger charge is 2.33. The molecule has 0 saturated heterocycles. The minimum absolute atomic E-state index is 0.0466. The number of carbonyl (C=O) groups is 2. The number of rotatable bonds is 10. The van der Waals surface area contributed by atoms with Crippen LogP contribution in [0.15, 0.2) is 54.6 Å². The van der Waals surface area contributed by atoms with Crippen molar-refractivity contribution in [1.82, 2.24) is 14.5 Å². The highest BCUT2D eigenvalue weighted by atomic mass is 32.2. The van der Waals surface area contributed by atoms with Crippen LogP contribution in [-0.2, 0) is 26.3 Å². The van der Waals surface area contributed by atoms with Gasteiger partial charge in [-0.1, -0.05) is 49.2 Å². The Kier molecular flexibility index (Phi) is 8.85. The van der Waals surface area contributed by atoms with Gasteiger partial charge in [-0.05, 0) is 38.0 Å². The lowest BCUT2D eigenvalue weighted by molar-refractivity contribution is -0.139. The van der Waals surface area contributed by atoms with Gasteiger partial charge in [-0.3, -0.25) is 9.59 Å². The Hall–Kier alpha value is -2.98. The molecule has 35 heavy (non-hydrogen) atoms. The van der Waals surface area contributed by atoms with Crippen LogP contribution in [0.4, 0.5) is 10.1 Å². The number of amides is 2. The molecule has 1 N–H and O–H groups in total. The van der Waals surface area contributed by atoms with Crippen molar-refractivity contribution in [2.24, 2.45) is 0 Å². The molecule has 0 bridgehead atoms. The highest BCUT2D eigenvalue weighted by molar-refractivity contribution is 7.90. The molecule has 1 fully saturated rings. The molecule has 2 amide bonds. The van der Waals surface area contributed by atoms with Gasteiger partial charge in [-0.15, -0.1) is 0 Å². The molecule has 1 aliphatic carbocycles. The van der Waals surface area contributed by atoms with E-state index >= 15 is 0 Å². The van der Waals surface area contributed by atoms with Crippen LogP contribution in [0.2, 0.25) is 0 Å². The lowest BCUT2D eigenvalue weighted by Crippen LogP contribution is -2.53. The lowest BCUT2D eigenvalue weighted by atomic mass is 10.1. The quantitative estimate of drug-likeness (QED) is 0.539. The summed E-state index contributed by atoms with van der Waals surface area (Å²) in [5, 5.41) is 2.98. The fourth-order valence-corrected chi connectivity index (χ4v) is 5.15. The van der Waals surface area contributed by atoms with Crippen molar-refractivity contribution in [3.05, 3.63) is 66.0 Å². The molecule has 1 saturated carbocycles. The first kappa shape index (κ1) is 26.6. The number of carbonyl (C=O) groups excluding carboxylic acids is 2. The fraction of sp³-hybridized carbons (Fsp3) is 0.440. The highest BCUT2D eigenvalue weighted by Crippen LogP contribution is 2.22. The number of halogens is 1. The standard InChI is InChI=1S/C25H33FN4O4S/c1-19(25(32)27-21-12-8-9-13-21)29(17-20-11-7-10-16-23(20)26)24(31)18-30(35(33,34)28(2)3)22-14-5-4-6-15-22/h4-7,10-11,14-16,19,21H,8-9,12-13,17-18H2,1-3H3,(H,27,32)/t19-/m0/s1. The minimum atomic E-state index is -4.02. The fourth-order valence-electron chi connectivity index (χ4n) is 4.10. The van der Waals surface area contributed by atoms with E-state index in [0.29, 0.717) is 5.69 Å². The number of nitrogens with one attached hydrogen (secondary N) is 1. The van der Waals surface area contributed by atoms with E-state index in [1.54, 1.807) is 55.5 Å². The first-order chi connectivity index (χ1) is 16.6. The molecule has 1 aliphatic rings. The van der Waals surface area contributed by atoms with Gasteiger partial charge in [0.1, 0.15) is 18.4 Å². The van der Waals surface area contributed by atoms with E-state index in [4.69, 9.17) is 0 Å². The molecule has 0 aliphatic heterocycles. The van der Waals surface area contributed by atoms with Gasteiger partial charge in [0.2, 0.25) is 11.8 Å². The molecule has 3 rings (SSSR count). The van der Waals surface area contributed by atoms with Crippen molar-refractivity contribution in [1.29, 1.82) is 0 Å². The Morgan fingerprint density at radius 2 is 1.63 bits per heavy atom. The van der Waals surface area contributed by atoms with Crippen molar-refractivity contribution in [3.8, 4) is 0 Å². The smallest absolute Gasteiger partial charge is 0.304 e. The second kappa shape index (κ2) is 11.6. The number of anilines is 1. The molecule has 2 aromatic rings. The number of benzene rings is 2. The maximum atomic E-state index is 14.5. The molecule has 190 valence electrons. The van der Waals surface area contributed by atoms with Gasteiger partial charge in [0.15, 0.2) is 0 Å². The van der Waals surface area contributed by atoms with Crippen LogP contribution in [0.25, 0.3) is 0 Å². The third kappa shape index (κ3) is 6.58. The number of nitrogens with zero attached hydrogens (tertiary/aromatic N) is 3. The summed E-state index contributed by atoms with van der Waals surface area (Å²) in [7, 11) is -1.26. The van der Waals surface area contributed by atoms with Crippen LogP contribution < -0.4 is 9.62 Å². The number of hydrogen-bond donors (Lipinski definition) is 1. The van der Waals surface area contributed by atoms with Crippen LogP contribution in [0.5, 0.6) is 0 Å². The van der Waals surface area contributed by atoms with Crippen molar-refractivity contribution < 1.29 is 22.4 Å². The maximum absolute atomic E-state index is 14.5. The summed E-state index contributed by atoms with van der Waals surface area (Å²) in [5.74, 6) is -1.46. The molecule has 0 heterocycles. The zero-order valence-corrected chi connectivity index (χ0v) is 21.2. The molecule has 10 heteroatoms. The zero-order valence-electron chi connectivity index (χ0n) is 20.4. The average Bonchev–Trinajstić information content (AvgIpc) is 3.34. The topological polar surface area (TPSA) is 90.0 Å². The summed E-state index contributed by atoms with van der Waals surface area (Å²) < 4.78 is 42.6. The molecule has 0 aromatic heterocycles. The second-order valence-electron chi connectivity index (χ2n) is 8.91. The molecule has 8 nitrogen and oxygen atoms in total. The van der Waals surface area contributed by atoms with Gasteiger partial charge in [-0.25, -0.2) is 8.70 Å². The van der Waals surface area contributed by atoms with Crippen LogP contribution in [-0.4, -0.2) is 62.2 Å². The summed E-state index contributed by atoms with van der Waals surface area (Å²) in [6.45, 7) is 0.867. The van der Waals surface area contributed by atoms with Crippen LogP contribution in [0.1, 0.15) is 38.2 Å². The van der Waals surface area contributed by atoms with Crippen LogP contribution in [0.3, 0.4) is 0 Å². The third-order valence-electron chi connectivity index (χ3n) is 6.23. The van der Waals surface area contributed by atoms with Crippen LogP contribution >= 0.6 is 0 Å². The van der Waals surface area contributed by atoms with Crippen molar-refractivity contribution >= 4 is 27.7 Å². The molecular formula is C25H33FN4O4S. The molecular weight excluding hydrogens is 471 g/mol. The first-order valence-corrected chi connectivity index (χ1v) is 13.1. The molecule has 2 aromatic carbocycles. The maximum Gasteiger partial charge on any atom is 0.304 e. The largest absolute Gasteiger partial charge is 0.352 e. The van der Waals surface area contributed by atoms with E-state index in [9.17, 15) is 22.4 Å². The summed E-state index contributed by atoms with van der Waals surface area (Å²) in [6.07, 6.45) is 3.82. The van der Waals surface area contributed by atoms with E-state index < -0.39 is 34.5 Å². The van der Waals surface area contributed by atoms with Gasteiger partial charge in [-0.2, -0.15) is 12.7 Å². The Labute approximate surface area is 206 Å². The van der Waals surface area contributed by atoms with E-state index in [0.717, 1.165) is 34.3 Å². The Bertz CT molecular complexity index is 1120. The van der Waals surface area contributed by atoms with Gasteiger partial charge in [0.25, 0.3) is 0 Å². The van der Waals surface area contributed by atoms with Gasteiger partial charge >= 0.3 is 10.2 Å². The summed E-state index contributed by atoms with van der Waals surface area (Å²) in [6, 6.07) is 13.4. The van der Waals surface area contributed by atoms with Crippen molar-refractivity contribution in [3.63, 3.8) is 0 Å². The number of para-hydroxylation sites is 1. The molecule has 1 atom stereocenters. The van der Waals surface area contributed by atoms with Crippen LogP contribution in [0, 0.1) is 5.82 Å². The third-order valence-corrected chi connectivity index (χ3v) is 8.05. The van der Waals surface area contributed by atoms with E-state index in [1.165, 1.54) is 25.1 Å². The van der Waals surface area contributed by atoms with E-state index in [-0.39, 0.29) is 24.1 Å². The zero-order chi connectivity index (χ0) is 25.6.